The largest absolute Gasteiger partial charge is 0.303 e. The van der Waals surface area contributed by atoms with E-state index >= 15 is 0 Å². The Morgan fingerprint density at radius 2 is 2.14 bits per heavy atom. The highest BCUT2D eigenvalue weighted by Crippen LogP contribution is 2.37. The van der Waals surface area contributed by atoms with E-state index in [9.17, 15) is 28.5 Å². The molecule has 0 radical (unpaired) electrons. The van der Waals surface area contributed by atoms with Crippen LogP contribution in [0, 0.1) is 21.7 Å². The molecule has 0 saturated carbocycles. The molecule has 1 aliphatic heterocycles. The molecule has 1 aromatic carbocycles. The van der Waals surface area contributed by atoms with E-state index in [1.165, 1.54) is 6.92 Å². The van der Waals surface area contributed by atoms with Gasteiger partial charge in [-0.3, -0.25) is 19.7 Å². The first-order chi connectivity index (χ1) is 9.79. The molecule has 1 unspecified atom stereocenters. The molecule has 0 bridgehead atoms. The van der Waals surface area contributed by atoms with Crippen molar-refractivity contribution in [3.8, 4) is 0 Å². The van der Waals surface area contributed by atoms with Gasteiger partial charge in [0, 0.05) is 31.2 Å². The number of nitrogens with zero attached hydrogens (tertiary/aromatic N) is 2. The number of hydrogen-bond acceptors (Lipinski definition) is 5. The molecule has 1 amide bonds. The molecule has 1 aromatic rings. The number of nitro benzene ring substituents is 1. The van der Waals surface area contributed by atoms with Crippen LogP contribution in [-0.4, -0.2) is 27.7 Å². The predicted octanol–water partition coefficient (Wildman–Crippen LogP) is 2.26. The van der Waals surface area contributed by atoms with Crippen molar-refractivity contribution in [1.29, 1.82) is 0 Å². The second-order valence-electron chi connectivity index (χ2n) is 4.45. The van der Waals surface area contributed by atoms with E-state index in [0.29, 0.717) is 12.1 Å². The van der Waals surface area contributed by atoms with Crippen LogP contribution in [0.1, 0.15) is 13.3 Å². The van der Waals surface area contributed by atoms with E-state index in [1.54, 1.807) is 0 Å². The zero-order valence-corrected chi connectivity index (χ0v) is 11.7. The van der Waals surface area contributed by atoms with Gasteiger partial charge >= 0.3 is 0 Å². The van der Waals surface area contributed by atoms with Gasteiger partial charge in [0.05, 0.1) is 11.0 Å². The molecule has 112 valence electrons. The fourth-order valence-electron chi connectivity index (χ4n) is 2.16. The van der Waals surface area contributed by atoms with Crippen molar-refractivity contribution in [2.24, 2.45) is 0 Å². The molecule has 21 heavy (non-hydrogen) atoms. The summed E-state index contributed by atoms with van der Waals surface area (Å²) in [7, 11) is 0. The summed E-state index contributed by atoms with van der Waals surface area (Å²) in [6.45, 7) is 1.30. The van der Waals surface area contributed by atoms with Crippen LogP contribution in [0.3, 0.4) is 0 Å². The van der Waals surface area contributed by atoms with Crippen molar-refractivity contribution in [1.82, 2.24) is 0 Å². The zero-order valence-electron chi connectivity index (χ0n) is 10.8. The van der Waals surface area contributed by atoms with Crippen molar-refractivity contribution >= 4 is 34.2 Å². The van der Waals surface area contributed by atoms with Gasteiger partial charge in [0.25, 0.3) is 5.69 Å². The fourth-order valence-corrected chi connectivity index (χ4v) is 3.08. The molecule has 6 nitrogen and oxygen atoms in total. The van der Waals surface area contributed by atoms with Crippen LogP contribution in [0.25, 0.3) is 0 Å². The number of carbonyl (C=O) groups is 2. The number of rotatable bonds is 3. The number of amides is 1. The van der Waals surface area contributed by atoms with Gasteiger partial charge in [-0.25, -0.2) is 8.78 Å². The number of thioether (sulfide) groups is 1. The van der Waals surface area contributed by atoms with E-state index in [0.717, 1.165) is 16.7 Å². The van der Waals surface area contributed by atoms with Crippen LogP contribution in [0.15, 0.2) is 12.1 Å². The first kappa shape index (κ1) is 15.4. The van der Waals surface area contributed by atoms with E-state index in [-0.39, 0.29) is 18.1 Å². The molecule has 1 atom stereocenters. The lowest BCUT2D eigenvalue weighted by molar-refractivity contribution is -0.384. The molecule has 2 rings (SSSR count). The van der Waals surface area contributed by atoms with E-state index in [2.05, 4.69) is 0 Å². The maximum absolute atomic E-state index is 13.9. The molecule has 1 heterocycles. The first-order valence-electron chi connectivity index (χ1n) is 5.90. The second kappa shape index (κ2) is 5.76. The number of carbonyl (C=O) groups excluding carboxylic acids is 2. The van der Waals surface area contributed by atoms with Gasteiger partial charge in [-0.15, -0.1) is 0 Å². The number of nitro groups is 1. The normalized spacial score (nSPS) is 18.1. The van der Waals surface area contributed by atoms with Gasteiger partial charge in [-0.2, -0.15) is 0 Å². The number of hydrogen-bond donors (Lipinski definition) is 0. The Hall–Kier alpha value is -2.03. The molecule has 0 aliphatic carbocycles. The monoisotopic (exact) mass is 316 g/mol. The van der Waals surface area contributed by atoms with Gasteiger partial charge in [0.2, 0.25) is 5.91 Å². The highest BCUT2D eigenvalue weighted by molar-refractivity contribution is 8.14. The third-order valence-electron chi connectivity index (χ3n) is 2.90. The summed E-state index contributed by atoms with van der Waals surface area (Å²) in [5.74, 6) is -2.81. The highest BCUT2D eigenvalue weighted by Gasteiger charge is 2.37. The Kier molecular flexibility index (Phi) is 4.21. The Labute approximate surface area is 122 Å². The number of anilines is 1. The van der Waals surface area contributed by atoms with E-state index in [4.69, 9.17) is 0 Å². The third kappa shape index (κ3) is 3.18. The van der Waals surface area contributed by atoms with Gasteiger partial charge in [0.1, 0.15) is 5.82 Å². The van der Waals surface area contributed by atoms with Crippen molar-refractivity contribution in [2.45, 2.75) is 18.6 Å². The molecular weight excluding hydrogens is 306 g/mol. The lowest BCUT2D eigenvalue weighted by atomic mass is 10.2. The minimum Gasteiger partial charge on any atom is -0.303 e. The van der Waals surface area contributed by atoms with Gasteiger partial charge in [-0.05, 0) is 0 Å². The Balaban J connectivity index is 2.40. The average Bonchev–Trinajstić information content (AvgIpc) is 2.67. The summed E-state index contributed by atoms with van der Waals surface area (Å²) < 4.78 is 27.0. The number of benzene rings is 1. The van der Waals surface area contributed by atoms with Crippen LogP contribution in [0.4, 0.5) is 20.2 Å². The summed E-state index contributed by atoms with van der Waals surface area (Å²) in [6.07, 6.45) is -0.0295. The topological polar surface area (TPSA) is 80.5 Å². The van der Waals surface area contributed by atoms with Crippen LogP contribution in [0.5, 0.6) is 0 Å². The summed E-state index contributed by atoms with van der Waals surface area (Å²) in [5, 5.41) is 10.3. The van der Waals surface area contributed by atoms with Crippen molar-refractivity contribution in [3.05, 3.63) is 33.9 Å². The van der Waals surface area contributed by atoms with Crippen LogP contribution >= 0.6 is 11.8 Å². The molecule has 0 aromatic heterocycles. The van der Waals surface area contributed by atoms with Gasteiger partial charge in [-0.1, -0.05) is 11.8 Å². The smallest absolute Gasteiger partial charge is 0.298 e. The Morgan fingerprint density at radius 3 is 2.71 bits per heavy atom. The maximum atomic E-state index is 13.9. The van der Waals surface area contributed by atoms with E-state index in [1.807, 2.05) is 0 Å². The minimum absolute atomic E-state index is 0.0295. The van der Waals surface area contributed by atoms with Crippen molar-refractivity contribution < 1.29 is 23.3 Å². The average molecular weight is 316 g/mol. The molecule has 0 spiro atoms. The van der Waals surface area contributed by atoms with Crippen LogP contribution in [-0.2, 0) is 9.59 Å². The standard InChI is InChI=1S/C12H10F2N2O4S/c1-6(17)21-8-4-11(18)15(5-8)12-9(14)2-7(13)3-10(12)16(19)20/h2-3,8H,4-5H2,1H3. The van der Waals surface area contributed by atoms with E-state index < -0.39 is 39.1 Å². The predicted molar refractivity (Wildman–Crippen MR) is 72.0 cm³/mol. The first-order valence-corrected chi connectivity index (χ1v) is 6.78. The van der Waals surface area contributed by atoms with Crippen LogP contribution < -0.4 is 4.90 Å². The lowest BCUT2D eigenvalue weighted by Crippen LogP contribution is -2.27. The molecule has 0 N–H and O–H groups in total. The van der Waals surface area contributed by atoms with Gasteiger partial charge in [0.15, 0.2) is 16.6 Å². The zero-order chi connectivity index (χ0) is 15.7. The lowest BCUT2D eigenvalue weighted by Gasteiger charge is -2.17. The minimum atomic E-state index is -1.18. The maximum Gasteiger partial charge on any atom is 0.298 e. The summed E-state index contributed by atoms with van der Waals surface area (Å²) in [5.41, 5.74) is -1.37. The van der Waals surface area contributed by atoms with Crippen molar-refractivity contribution in [3.63, 3.8) is 0 Å². The number of halogens is 2. The molecule has 1 fully saturated rings. The SMILES string of the molecule is CC(=O)SC1CC(=O)N(c2c(F)cc(F)cc2[N+](=O)[O-])C1. The molecule has 1 saturated heterocycles. The molecule has 1 aliphatic rings. The summed E-state index contributed by atoms with van der Waals surface area (Å²) >= 11 is 0.920. The molecular formula is C12H10F2N2O4S. The van der Waals surface area contributed by atoms with Crippen molar-refractivity contribution in [2.75, 3.05) is 11.4 Å². The Bertz CT molecular complexity index is 638. The second-order valence-corrected chi connectivity index (χ2v) is 5.93. The summed E-state index contributed by atoms with van der Waals surface area (Å²) in [6, 6.07) is 1.05. The Morgan fingerprint density at radius 1 is 1.48 bits per heavy atom. The fraction of sp³-hybridized carbons (Fsp3) is 0.333. The highest BCUT2D eigenvalue weighted by atomic mass is 32.2. The third-order valence-corrected chi connectivity index (χ3v) is 3.88. The molecule has 9 heteroatoms. The van der Waals surface area contributed by atoms with Gasteiger partial charge < -0.3 is 4.90 Å². The summed E-state index contributed by atoms with van der Waals surface area (Å²) in [4.78, 5) is 33.8. The quantitative estimate of drug-likeness (QED) is 0.631. The van der Waals surface area contributed by atoms with Crippen LogP contribution in [0.2, 0.25) is 0 Å².